The van der Waals surface area contributed by atoms with Crippen LogP contribution in [0.25, 0.3) is 0 Å². The van der Waals surface area contributed by atoms with Gasteiger partial charge < -0.3 is 14.6 Å². The molecular formula is C9H19NO5. The van der Waals surface area contributed by atoms with Crippen molar-refractivity contribution < 1.29 is 24.2 Å². The van der Waals surface area contributed by atoms with E-state index in [1.165, 1.54) is 0 Å². The fourth-order valence-electron chi connectivity index (χ4n) is 0.837. The maximum Gasteiger partial charge on any atom is 0.308 e. The smallest absolute Gasteiger partial charge is 0.308 e. The normalized spacial score (nSPS) is 12.5. The lowest BCUT2D eigenvalue weighted by Crippen LogP contribution is -2.30. The summed E-state index contributed by atoms with van der Waals surface area (Å²) in [6.45, 7) is 3.09. The van der Waals surface area contributed by atoms with E-state index >= 15 is 0 Å². The Morgan fingerprint density at radius 1 is 1.47 bits per heavy atom. The Morgan fingerprint density at radius 3 is 2.80 bits per heavy atom. The van der Waals surface area contributed by atoms with Crippen LogP contribution in [0, 0.1) is 0 Å². The summed E-state index contributed by atoms with van der Waals surface area (Å²) in [5, 5.41) is 9.33. The summed E-state index contributed by atoms with van der Waals surface area (Å²) in [6.07, 6.45) is -0.833. The monoisotopic (exact) mass is 221 g/mol. The van der Waals surface area contributed by atoms with Crippen molar-refractivity contribution >= 4 is 5.97 Å². The molecule has 0 saturated heterocycles. The van der Waals surface area contributed by atoms with Crippen LogP contribution in [-0.4, -0.2) is 50.7 Å². The molecule has 0 fully saturated rings. The van der Waals surface area contributed by atoms with E-state index < -0.39 is 12.1 Å². The highest BCUT2D eigenvalue weighted by atomic mass is 16.7. The molecule has 0 aliphatic rings. The molecule has 0 aromatic carbocycles. The SMILES string of the molecule is CCOC(=O)CC(O)CNOCCOC. The minimum absolute atomic E-state index is 0.0333. The second-order valence-corrected chi connectivity index (χ2v) is 2.85. The highest BCUT2D eigenvalue weighted by Gasteiger charge is 2.10. The average molecular weight is 221 g/mol. The summed E-state index contributed by atoms with van der Waals surface area (Å²) in [6, 6.07) is 0. The zero-order chi connectivity index (χ0) is 11.5. The number of hydrogen-bond acceptors (Lipinski definition) is 6. The molecule has 0 amide bonds. The molecule has 1 atom stereocenters. The third-order valence-corrected chi connectivity index (χ3v) is 1.52. The molecule has 0 aliphatic heterocycles. The van der Waals surface area contributed by atoms with Crippen LogP contribution in [0.1, 0.15) is 13.3 Å². The second-order valence-electron chi connectivity index (χ2n) is 2.85. The van der Waals surface area contributed by atoms with E-state index in [0.717, 1.165) is 0 Å². The first-order valence-electron chi connectivity index (χ1n) is 4.88. The van der Waals surface area contributed by atoms with E-state index in [4.69, 9.17) is 9.57 Å². The zero-order valence-corrected chi connectivity index (χ0v) is 9.19. The number of esters is 1. The first kappa shape index (κ1) is 14.3. The molecule has 0 bridgehead atoms. The van der Waals surface area contributed by atoms with Gasteiger partial charge in [-0.05, 0) is 6.92 Å². The number of carbonyl (C=O) groups is 1. The van der Waals surface area contributed by atoms with Gasteiger partial charge in [0, 0.05) is 13.7 Å². The number of nitrogens with one attached hydrogen (secondary N) is 1. The van der Waals surface area contributed by atoms with Gasteiger partial charge in [0.25, 0.3) is 0 Å². The van der Waals surface area contributed by atoms with Crippen LogP contribution in [0.3, 0.4) is 0 Å². The summed E-state index contributed by atoms with van der Waals surface area (Å²) in [5.74, 6) is -0.413. The Bertz CT molecular complexity index is 165. The zero-order valence-electron chi connectivity index (χ0n) is 9.19. The largest absolute Gasteiger partial charge is 0.466 e. The first-order valence-corrected chi connectivity index (χ1v) is 4.88. The summed E-state index contributed by atoms with van der Waals surface area (Å²) in [7, 11) is 1.57. The fraction of sp³-hybridized carbons (Fsp3) is 0.889. The molecule has 0 rings (SSSR count). The number of ether oxygens (including phenoxy) is 2. The molecule has 0 heterocycles. The molecule has 0 spiro atoms. The first-order chi connectivity index (χ1) is 7.20. The molecule has 1 unspecified atom stereocenters. The molecule has 0 aromatic heterocycles. The number of aliphatic hydroxyl groups excluding tert-OH is 1. The van der Waals surface area contributed by atoms with Crippen molar-refractivity contribution in [2.45, 2.75) is 19.4 Å². The van der Waals surface area contributed by atoms with Crippen LogP contribution in [0.15, 0.2) is 0 Å². The van der Waals surface area contributed by atoms with E-state index in [-0.39, 0.29) is 13.0 Å². The molecule has 6 nitrogen and oxygen atoms in total. The van der Waals surface area contributed by atoms with Gasteiger partial charge in [-0.1, -0.05) is 0 Å². The number of methoxy groups -OCH3 is 1. The van der Waals surface area contributed by atoms with Crippen molar-refractivity contribution in [3.8, 4) is 0 Å². The van der Waals surface area contributed by atoms with Crippen LogP contribution in [-0.2, 0) is 19.1 Å². The lowest BCUT2D eigenvalue weighted by atomic mass is 10.2. The molecule has 90 valence electrons. The number of hydrogen-bond donors (Lipinski definition) is 2. The van der Waals surface area contributed by atoms with Crippen molar-refractivity contribution in [1.82, 2.24) is 5.48 Å². The number of hydroxylamine groups is 1. The number of rotatable bonds is 9. The molecule has 0 saturated carbocycles. The van der Waals surface area contributed by atoms with Gasteiger partial charge >= 0.3 is 5.97 Å². The van der Waals surface area contributed by atoms with Gasteiger partial charge in [0.2, 0.25) is 0 Å². The van der Waals surface area contributed by atoms with Gasteiger partial charge in [-0.2, -0.15) is 5.48 Å². The fourth-order valence-corrected chi connectivity index (χ4v) is 0.837. The van der Waals surface area contributed by atoms with Gasteiger partial charge in [0.05, 0.1) is 32.3 Å². The topological polar surface area (TPSA) is 77.0 Å². The van der Waals surface area contributed by atoms with Gasteiger partial charge in [0.15, 0.2) is 0 Å². The second kappa shape index (κ2) is 9.85. The van der Waals surface area contributed by atoms with Gasteiger partial charge in [-0.3, -0.25) is 9.63 Å². The summed E-state index contributed by atoms with van der Waals surface area (Å²) >= 11 is 0. The number of carbonyl (C=O) groups excluding carboxylic acids is 1. The van der Waals surface area contributed by atoms with Crippen LogP contribution < -0.4 is 5.48 Å². The quantitative estimate of drug-likeness (QED) is 0.309. The van der Waals surface area contributed by atoms with Crippen molar-refractivity contribution in [1.29, 1.82) is 0 Å². The highest BCUT2D eigenvalue weighted by Crippen LogP contribution is 1.93. The molecule has 6 heteroatoms. The van der Waals surface area contributed by atoms with Crippen LogP contribution in [0.2, 0.25) is 0 Å². The molecule has 0 radical (unpaired) electrons. The standard InChI is InChI=1S/C9H19NO5/c1-3-14-9(12)6-8(11)7-10-15-5-4-13-2/h8,10-11H,3-7H2,1-2H3. The Kier molecular flexibility index (Phi) is 9.40. The Hall–Kier alpha value is -0.690. The lowest BCUT2D eigenvalue weighted by molar-refractivity contribution is -0.145. The molecule has 2 N–H and O–H groups in total. The maximum absolute atomic E-state index is 10.9. The summed E-state index contributed by atoms with van der Waals surface area (Å²) < 4.78 is 9.41. The van der Waals surface area contributed by atoms with Crippen LogP contribution in [0.4, 0.5) is 0 Å². The predicted octanol–water partition coefficient (Wildman–Crippen LogP) is -0.532. The average Bonchev–Trinajstić information content (AvgIpc) is 2.17. The third kappa shape index (κ3) is 9.61. The minimum Gasteiger partial charge on any atom is -0.466 e. The Balaban J connectivity index is 3.32. The van der Waals surface area contributed by atoms with E-state index in [0.29, 0.717) is 19.8 Å². The Labute approximate surface area is 89.5 Å². The van der Waals surface area contributed by atoms with Gasteiger partial charge in [0.1, 0.15) is 0 Å². The Morgan fingerprint density at radius 2 is 2.20 bits per heavy atom. The summed E-state index contributed by atoms with van der Waals surface area (Å²) in [5.41, 5.74) is 2.53. The van der Waals surface area contributed by atoms with E-state index in [1.807, 2.05) is 0 Å². The number of aliphatic hydroxyl groups is 1. The van der Waals surface area contributed by atoms with E-state index in [1.54, 1.807) is 14.0 Å². The van der Waals surface area contributed by atoms with E-state index in [9.17, 15) is 9.90 Å². The lowest BCUT2D eigenvalue weighted by Gasteiger charge is -2.10. The minimum atomic E-state index is -0.799. The molecule has 0 aliphatic carbocycles. The molecular weight excluding hydrogens is 202 g/mol. The van der Waals surface area contributed by atoms with Crippen molar-refractivity contribution in [3.05, 3.63) is 0 Å². The third-order valence-electron chi connectivity index (χ3n) is 1.52. The predicted molar refractivity (Wildman–Crippen MR) is 53.1 cm³/mol. The molecule has 0 aromatic rings. The van der Waals surface area contributed by atoms with E-state index in [2.05, 4.69) is 10.2 Å². The van der Waals surface area contributed by atoms with Crippen molar-refractivity contribution in [2.75, 3.05) is 33.5 Å². The van der Waals surface area contributed by atoms with Crippen LogP contribution >= 0.6 is 0 Å². The van der Waals surface area contributed by atoms with Crippen molar-refractivity contribution in [2.24, 2.45) is 0 Å². The molecule has 15 heavy (non-hydrogen) atoms. The highest BCUT2D eigenvalue weighted by molar-refractivity contribution is 5.69. The summed E-state index contributed by atoms with van der Waals surface area (Å²) in [4.78, 5) is 15.8. The van der Waals surface area contributed by atoms with Gasteiger partial charge in [-0.15, -0.1) is 0 Å². The maximum atomic E-state index is 10.9. The van der Waals surface area contributed by atoms with Crippen molar-refractivity contribution in [3.63, 3.8) is 0 Å². The van der Waals surface area contributed by atoms with Gasteiger partial charge in [-0.25, -0.2) is 0 Å². The van der Waals surface area contributed by atoms with Crippen LogP contribution in [0.5, 0.6) is 0 Å².